The summed E-state index contributed by atoms with van der Waals surface area (Å²) in [5, 5.41) is 4.17. The zero-order valence-electron chi connectivity index (χ0n) is 16.0. The second-order valence-electron chi connectivity index (χ2n) is 7.13. The molecule has 1 aliphatic rings. The van der Waals surface area contributed by atoms with Gasteiger partial charge in [-0.25, -0.2) is 5.43 Å². The Bertz CT molecular complexity index is 783. The van der Waals surface area contributed by atoms with E-state index in [9.17, 15) is 4.79 Å². The molecule has 3 rings (SSSR count). The Balaban J connectivity index is 1.64. The predicted octanol–water partition coefficient (Wildman–Crippen LogP) is 3.34. The van der Waals surface area contributed by atoms with Gasteiger partial charge < -0.3 is 4.57 Å². The zero-order valence-corrected chi connectivity index (χ0v) is 16.0. The number of benzene rings is 1. The third-order valence-corrected chi connectivity index (χ3v) is 4.97. The van der Waals surface area contributed by atoms with Gasteiger partial charge in [-0.15, -0.1) is 0 Å². The maximum absolute atomic E-state index is 12.0. The van der Waals surface area contributed by atoms with E-state index in [-0.39, 0.29) is 5.91 Å². The summed E-state index contributed by atoms with van der Waals surface area (Å²) < 4.78 is 2.20. The van der Waals surface area contributed by atoms with E-state index < -0.39 is 0 Å². The lowest BCUT2D eigenvalue weighted by Gasteiger charge is -2.25. The lowest BCUT2D eigenvalue weighted by Crippen LogP contribution is -2.38. The van der Waals surface area contributed by atoms with Crippen molar-refractivity contribution >= 4 is 12.1 Å². The van der Waals surface area contributed by atoms with Crippen LogP contribution < -0.4 is 5.43 Å². The van der Waals surface area contributed by atoms with Gasteiger partial charge in [0.25, 0.3) is 5.91 Å². The van der Waals surface area contributed by atoms with Crippen molar-refractivity contribution < 1.29 is 4.79 Å². The molecule has 138 valence electrons. The van der Waals surface area contributed by atoms with Gasteiger partial charge in [0.15, 0.2) is 0 Å². The fourth-order valence-corrected chi connectivity index (χ4v) is 3.54. The van der Waals surface area contributed by atoms with Crippen LogP contribution in [0.15, 0.2) is 35.4 Å². The van der Waals surface area contributed by atoms with Crippen molar-refractivity contribution in [2.45, 2.75) is 40.0 Å². The first-order valence-corrected chi connectivity index (χ1v) is 9.35. The maximum atomic E-state index is 12.0. The average molecular weight is 352 g/mol. The highest BCUT2D eigenvalue weighted by molar-refractivity contribution is 5.84. The Morgan fingerprint density at radius 3 is 2.50 bits per heavy atom. The standard InChI is InChI=1S/C21H28N4O/c1-16-7-9-20(10-8-16)25-17(2)13-19(18(25)3)14-22-23-21(26)15-24-11-5-4-6-12-24/h7-10,13-14H,4-6,11-12,15H2,1-3H3,(H,23,26)/b22-14-. The largest absolute Gasteiger partial charge is 0.318 e. The third kappa shape index (κ3) is 4.41. The minimum absolute atomic E-state index is 0.0458. The van der Waals surface area contributed by atoms with Crippen LogP contribution >= 0.6 is 0 Å². The minimum Gasteiger partial charge on any atom is -0.318 e. The molecule has 0 saturated carbocycles. The van der Waals surface area contributed by atoms with Crippen LogP contribution in [0.5, 0.6) is 0 Å². The fourth-order valence-electron chi connectivity index (χ4n) is 3.54. The molecule has 1 fully saturated rings. The van der Waals surface area contributed by atoms with E-state index in [0.29, 0.717) is 6.54 Å². The Kier molecular flexibility index (Phi) is 5.89. The van der Waals surface area contributed by atoms with Crippen LogP contribution in [0, 0.1) is 20.8 Å². The van der Waals surface area contributed by atoms with E-state index in [1.165, 1.54) is 24.8 Å². The Hall–Kier alpha value is -2.40. The molecule has 1 saturated heterocycles. The van der Waals surface area contributed by atoms with Gasteiger partial charge in [0, 0.05) is 22.6 Å². The highest BCUT2D eigenvalue weighted by Crippen LogP contribution is 2.20. The Morgan fingerprint density at radius 1 is 1.12 bits per heavy atom. The Morgan fingerprint density at radius 2 is 1.81 bits per heavy atom. The number of nitrogens with zero attached hydrogens (tertiary/aromatic N) is 3. The molecule has 2 aromatic rings. The highest BCUT2D eigenvalue weighted by Gasteiger charge is 2.13. The minimum atomic E-state index is -0.0458. The van der Waals surface area contributed by atoms with Crippen LogP contribution in [0.4, 0.5) is 0 Å². The van der Waals surface area contributed by atoms with E-state index in [1.807, 2.05) is 0 Å². The number of hydrazone groups is 1. The molecule has 1 aromatic carbocycles. The van der Waals surface area contributed by atoms with Gasteiger partial charge in [0.2, 0.25) is 0 Å². The fraction of sp³-hybridized carbons (Fsp3) is 0.429. The van der Waals surface area contributed by atoms with Crippen molar-refractivity contribution in [3.8, 4) is 5.69 Å². The van der Waals surface area contributed by atoms with Crippen molar-refractivity contribution in [3.05, 3.63) is 52.8 Å². The van der Waals surface area contributed by atoms with Gasteiger partial charge in [-0.05, 0) is 64.9 Å². The number of likely N-dealkylation sites (tertiary alicyclic amines) is 1. The topological polar surface area (TPSA) is 49.6 Å². The van der Waals surface area contributed by atoms with E-state index >= 15 is 0 Å². The number of carbonyl (C=O) groups excluding carboxylic acids is 1. The molecule has 0 aliphatic carbocycles. The van der Waals surface area contributed by atoms with Gasteiger partial charge in [0.05, 0.1) is 12.8 Å². The van der Waals surface area contributed by atoms with Crippen molar-refractivity contribution in [1.29, 1.82) is 0 Å². The summed E-state index contributed by atoms with van der Waals surface area (Å²) in [6.07, 6.45) is 5.37. The highest BCUT2D eigenvalue weighted by atomic mass is 16.2. The molecule has 26 heavy (non-hydrogen) atoms. The number of hydrogen-bond donors (Lipinski definition) is 1. The second-order valence-corrected chi connectivity index (χ2v) is 7.13. The van der Waals surface area contributed by atoms with Crippen molar-refractivity contribution in [1.82, 2.24) is 14.9 Å². The molecular weight excluding hydrogens is 324 g/mol. The van der Waals surface area contributed by atoms with Crippen LogP contribution in [-0.2, 0) is 4.79 Å². The first-order chi connectivity index (χ1) is 12.5. The molecule has 2 heterocycles. The zero-order chi connectivity index (χ0) is 18.5. The van der Waals surface area contributed by atoms with Crippen LogP contribution in [0.1, 0.15) is 41.8 Å². The summed E-state index contributed by atoms with van der Waals surface area (Å²) in [7, 11) is 0. The molecule has 0 spiro atoms. The predicted molar refractivity (Wildman–Crippen MR) is 106 cm³/mol. The molecular formula is C21H28N4O. The summed E-state index contributed by atoms with van der Waals surface area (Å²) in [5.41, 5.74) is 8.32. The van der Waals surface area contributed by atoms with Crippen LogP contribution in [-0.4, -0.2) is 41.2 Å². The van der Waals surface area contributed by atoms with Gasteiger partial charge >= 0.3 is 0 Å². The SMILES string of the molecule is Cc1ccc(-n2c(C)cc(/C=N\NC(=O)CN3CCCCC3)c2C)cc1. The summed E-state index contributed by atoms with van der Waals surface area (Å²) >= 11 is 0. The lowest BCUT2D eigenvalue weighted by atomic mass is 10.1. The first kappa shape index (κ1) is 18.4. The molecule has 0 unspecified atom stereocenters. The van der Waals surface area contributed by atoms with Crippen molar-refractivity contribution in [2.75, 3.05) is 19.6 Å². The van der Waals surface area contributed by atoms with Crippen LogP contribution in [0.2, 0.25) is 0 Å². The van der Waals surface area contributed by atoms with E-state index in [0.717, 1.165) is 35.7 Å². The number of aryl methyl sites for hydroxylation is 2. The molecule has 0 bridgehead atoms. The normalized spacial score (nSPS) is 15.5. The molecule has 0 atom stereocenters. The number of amides is 1. The van der Waals surface area contributed by atoms with Crippen LogP contribution in [0.3, 0.4) is 0 Å². The van der Waals surface area contributed by atoms with E-state index in [1.54, 1.807) is 6.21 Å². The van der Waals surface area contributed by atoms with E-state index in [2.05, 4.69) is 71.1 Å². The number of piperidine rings is 1. The molecule has 1 aliphatic heterocycles. The van der Waals surface area contributed by atoms with Crippen molar-refractivity contribution in [3.63, 3.8) is 0 Å². The molecule has 5 heteroatoms. The molecule has 1 aromatic heterocycles. The summed E-state index contributed by atoms with van der Waals surface area (Å²) in [5.74, 6) is -0.0458. The number of hydrogen-bond acceptors (Lipinski definition) is 3. The average Bonchev–Trinajstić information content (AvgIpc) is 2.90. The molecule has 5 nitrogen and oxygen atoms in total. The van der Waals surface area contributed by atoms with Gasteiger partial charge in [-0.2, -0.15) is 5.10 Å². The molecule has 1 N–H and O–H groups in total. The molecule has 0 radical (unpaired) electrons. The number of aromatic nitrogens is 1. The summed E-state index contributed by atoms with van der Waals surface area (Å²) in [4.78, 5) is 14.2. The quantitative estimate of drug-likeness (QED) is 0.663. The van der Waals surface area contributed by atoms with Gasteiger partial charge in [-0.3, -0.25) is 9.69 Å². The third-order valence-electron chi connectivity index (χ3n) is 4.97. The number of nitrogens with one attached hydrogen (secondary N) is 1. The van der Waals surface area contributed by atoms with Gasteiger partial charge in [0.1, 0.15) is 0 Å². The first-order valence-electron chi connectivity index (χ1n) is 9.35. The number of carbonyl (C=O) groups is 1. The number of rotatable bonds is 5. The summed E-state index contributed by atoms with van der Waals surface area (Å²) in [6, 6.07) is 10.6. The monoisotopic (exact) mass is 352 g/mol. The van der Waals surface area contributed by atoms with Gasteiger partial charge in [-0.1, -0.05) is 24.1 Å². The van der Waals surface area contributed by atoms with Crippen molar-refractivity contribution in [2.24, 2.45) is 5.10 Å². The lowest BCUT2D eigenvalue weighted by molar-refractivity contribution is -0.122. The maximum Gasteiger partial charge on any atom is 0.254 e. The summed E-state index contributed by atoms with van der Waals surface area (Å²) in [6.45, 7) is 8.69. The smallest absolute Gasteiger partial charge is 0.254 e. The molecule has 1 amide bonds. The van der Waals surface area contributed by atoms with Crippen LogP contribution in [0.25, 0.3) is 5.69 Å². The Labute approximate surface area is 155 Å². The van der Waals surface area contributed by atoms with E-state index in [4.69, 9.17) is 0 Å². The second kappa shape index (κ2) is 8.32.